The molecule has 2 rings (SSSR count). The summed E-state index contributed by atoms with van der Waals surface area (Å²) < 4.78 is 41.5. The Kier molecular flexibility index (Phi) is 4.53. The van der Waals surface area contributed by atoms with Crippen LogP contribution >= 0.6 is 0 Å². The van der Waals surface area contributed by atoms with Gasteiger partial charge < -0.3 is 14.5 Å². The van der Waals surface area contributed by atoms with Gasteiger partial charge in [-0.2, -0.15) is 0 Å². The lowest BCUT2D eigenvalue weighted by atomic mass is 10.1. The van der Waals surface area contributed by atoms with Gasteiger partial charge in [-0.05, 0) is 18.1 Å². The normalized spacial score (nSPS) is 20.3. The van der Waals surface area contributed by atoms with Gasteiger partial charge in [0.15, 0.2) is 5.96 Å². The van der Waals surface area contributed by atoms with Gasteiger partial charge in [0, 0.05) is 34.1 Å². The van der Waals surface area contributed by atoms with Crippen LogP contribution in [0.4, 0.5) is 13.2 Å². The van der Waals surface area contributed by atoms with Crippen LogP contribution in [0.2, 0.25) is 0 Å². The predicted octanol–water partition coefficient (Wildman–Crippen LogP) is 2.92. The molecular formula is C15H20F3N3O. The number of alkyl halides is 3. The number of benzene rings is 1. The third-order valence-electron chi connectivity index (χ3n) is 3.38. The van der Waals surface area contributed by atoms with E-state index in [-0.39, 0.29) is 17.7 Å². The maximum atomic E-state index is 12.5. The van der Waals surface area contributed by atoms with Crippen LogP contribution in [0.5, 0.6) is 5.75 Å². The summed E-state index contributed by atoms with van der Waals surface area (Å²) in [5, 5.41) is 0. The van der Waals surface area contributed by atoms with E-state index in [4.69, 9.17) is 0 Å². The Labute approximate surface area is 128 Å². The van der Waals surface area contributed by atoms with Gasteiger partial charge in [0.2, 0.25) is 0 Å². The Balaban J connectivity index is 2.17. The molecule has 1 aliphatic rings. The SMILES string of the molecule is CN(C)C(=NC1CC1c1ccccc1OC(F)(F)F)N(C)C. The summed E-state index contributed by atoms with van der Waals surface area (Å²) >= 11 is 0. The van der Waals surface area contributed by atoms with Crippen molar-refractivity contribution in [2.75, 3.05) is 28.2 Å². The van der Waals surface area contributed by atoms with Gasteiger partial charge in [-0.15, -0.1) is 13.2 Å². The molecule has 1 aliphatic carbocycles. The molecule has 0 aromatic heterocycles. The Hall–Kier alpha value is -1.92. The van der Waals surface area contributed by atoms with Crippen molar-refractivity contribution in [1.82, 2.24) is 9.80 Å². The van der Waals surface area contributed by atoms with Gasteiger partial charge in [-0.3, -0.25) is 0 Å². The van der Waals surface area contributed by atoms with Crippen molar-refractivity contribution in [2.45, 2.75) is 24.7 Å². The highest BCUT2D eigenvalue weighted by atomic mass is 19.4. The minimum atomic E-state index is -4.68. The van der Waals surface area contributed by atoms with E-state index >= 15 is 0 Å². The standard InChI is InChI=1S/C15H20F3N3O/c1-20(2)14(21(3)4)19-12-9-11(12)10-7-5-6-8-13(10)22-15(16,17)18/h5-8,11-12H,9H2,1-4H3. The van der Waals surface area contributed by atoms with Crippen LogP contribution in [0.15, 0.2) is 29.3 Å². The average molecular weight is 315 g/mol. The smallest absolute Gasteiger partial charge is 0.405 e. The van der Waals surface area contributed by atoms with Crippen LogP contribution in [-0.4, -0.2) is 56.4 Å². The molecule has 0 radical (unpaired) electrons. The number of hydrogen-bond acceptors (Lipinski definition) is 2. The molecule has 22 heavy (non-hydrogen) atoms. The number of hydrogen-bond donors (Lipinski definition) is 0. The van der Waals surface area contributed by atoms with Gasteiger partial charge in [0.25, 0.3) is 0 Å². The quantitative estimate of drug-likeness (QED) is 0.634. The van der Waals surface area contributed by atoms with Crippen molar-refractivity contribution < 1.29 is 17.9 Å². The fraction of sp³-hybridized carbons (Fsp3) is 0.533. The van der Waals surface area contributed by atoms with E-state index in [2.05, 4.69) is 9.73 Å². The monoisotopic (exact) mass is 315 g/mol. The van der Waals surface area contributed by atoms with Crippen LogP contribution in [-0.2, 0) is 0 Å². The lowest BCUT2D eigenvalue weighted by molar-refractivity contribution is -0.274. The van der Waals surface area contributed by atoms with Crippen molar-refractivity contribution in [1.29, 1.82) is 0 Å². The zero-order chi connectivity index (χ0) is 16.5. The first-order chi connectivity index (χ1) is 10.2. The molecule has 0 bridgehead atoms. The Morgan fingerprint density at radius 3 is 2.27 bits per heavy atom. The van der Waals surface area contributed by atoms with Gasteiger partial charge in [0.05, 0.1) is 6.04 Å². The first kappa shape index (κ1) is 16.5. The molecule has 1 aromatic carbocycles. The predicted molar refractivity (Wildman–Crippen MR) is 79.1 cm³/mol. The fourth-order valence-corrected chi connectivity index (χ4v) is 2.44. The third-order valence-corrected chi connectivity index (χ3v) is 3.38. The number of rotatable bonds is 3. The zero-order valence-corrected chi connectivity index (χ0v) is 13.1. The van der Waals surface area contributed by atoms with Crippen molar-refractivity contribution in [3.05, 3.63) is 29.8 Å². The Bertz CT molecular complexity index is 545. The van der Waals surface area contributed by atoms with E-state index in [1.54, 1.807) is 12.1 Å². The van der Waals surface area contributed by atoms with E-state index in [1.165, 1.54) is 12.1 Å². The largest absolute Gasteiger partial charge is 0.573 e. The van der Waals surface area contributed by atoms with Gasteiger partial charge in [-0.25, -0.2) is 4.99 Å². The van der Waals surface area contributed by atoms with E-state index in [0.717, 1.165) is 12.4 Å². The molecule has 122 valence electrons. The molecule has 0 amide bonds. The highest BCUT2D eigenvalue weighted by Gasteiger charge is 2.42. The number of ether oxygens (including phenoxy) is 1. The van der Waals surface area contributed by atoms with E-state index in [9.17, 15) is 13.2 Å². The summed E-state index contributed by atoms with van der Waals surface area (Å²) in [7, 11) is 7.54. The molecule has 7 heteroatoms. The van der Waals surface area contributed by atoms with Crippen LogP contribution in [0.25, 0.3) is 0 Å². The third kappa shape index (κ3) is 4.05. The minimum absolute atomic E-state index is 0.0159. The van der Waals surface area contributed by atoms with Crippen molar-refractivity contribution in [2.24, 2.45) is 4.99 Å². The van der Waals surface area contributed by atoms with Gasteiger partial charge in [-0.1, -0.05) is 18.2 Å². The molecule has 0 saturated heterocycles. The van der Waals surface area contributed by atoms with Crippen molar-refractivity contribution in [3.63, 3.8) is 0 Å². The van der Waals surface area contributed by atoms with Crippen LogP contribution < -0.4 is 4.74 Å². The maximum absolute atomic E-state index is 12.5. The summed E-state index contributed by atoms with van der Waals surface area (Å²) in [4.78, 5) is 8.38. The van der Waals surface area contributed by atoms with E-state index in [0.29, 0.717) is 5.56 Å². The average Bonchev–Trinajstić information content (AvgIpc) is 3.13. The summed E-state index contributed by atoms with van der Waals surface area (Å²) in [6.07, 6.45) is -3.95. The molecule has 1 fully saturated rings. The summed E-state index contributed by atoms with van der Waals surface area (Å²) in [5.74, 6) is 0.629. The van der Waals surface area contributed by atoms with Crippen LogP contribution in [0.3, 0.4) is 0 Å². The number of guanidine groups is 1. The van der Waals surface area contributed by atoms with Crippen molar-refractivity contribution in [3.8, 4) is 5.75 Å². The molecule has 0 heterocycles. The first-order valence-corrected chi connectivity index (χ1v) is 6.96. The number of nitrogens with zero attached hydrogens (tertiary/aromatic N) is 3. The molecule has 0 spiro atoms. The second-order valence-corrected chi connectivity index (χ2v) is 5.71. The molecule has 1 saturated carbocycles. The number of halogens is 3. The highest BCUT2D eigenvalue weighted by Crippen LogP contribution is 2.47. The van der Waals surface area contributed by atoms with Crippen LogP contribution in [0, 0.1) is 0 Å². The number of para-hydroxylation sites is 1. The Morgan fingerprint density at radius 2 is 1.73 bits per heavy atom. The summed E-state index contributed by atoms with van der Waals surface area (Å²) in [6.45, 7) is 0. The molecular weight excluding hydrogens is 295 g/mol. The molecule has 0 aliphatic heterocycles. The van der Waals surface area contributed by atoms with Gasteiger partial charge in [0.1, 0.15) is 5.75 Å². The fourth-order valence-electron chi connectivity index (χ4n) is 2.44. The summed E-state index contributed by atoms with van der Waals surface area (Å²) in [5.41, 5.74) is 0.561. The minimum Gasteiger partial charge on any atom is -0.405 e. The van der Waals surface area contributed by atoms with E-state index in [1.807, 2.05) is 38.0 Å². The summed E-state index contributed by atoms with van der Waals surface area (Å²) in [6, 6.07) is 6.26. The lowest BCUT2D eigenvalue weighted by Gasteiger charge is -2.22. The molecule has 0 N–H and O–H groups in total. The zero-order valence-electron chi connectivity index (χ0n) is 13.1. The number of aliphatic imine (C=N–C) groups is 1. The maximum Gasteiger partial charge on any atom is 0.573 e. The van der Waals surface area contributed by atoms with Crippen molar-refractivity contribution >= 4 is 5.96 Å². The van der Waals surface area contributed by atoms with Gasteiger partial charge >= 0.3 is 6.36 Å². The van der Waals surface area contributed by atoms with E-state index < -0.39 is 6.36 Å². The molecule has 2 atom stereocenters. The molecule has 2 unspecified atom stereocenters. The molecule has 4 nitrogen and oxygen atoms in total. The second-order valence-electron chi connectivity index (χ2n) is 5.71. The first-order valence-electron chi connectivity index (χ1n) is 6.96. The topological polar surface area (TPSA) is 28.1 Å². The van der Waals surface area contributed by atoms with Crippen LogP contribution in [0.1, 0.15) is 17.9 Å². The highest BCUT2D eigenvalue weighted by molar-refractivity contribution is 5.79. The lowest BCUT2D eigenvalue weighted by Crippen LogP contribution is -2.35. The Morgan fingerprint density at radius 1 is 1.14 bits per heavy atom. The molecule has 1 aromatic rings. The second kappa shape index (κ2) is 6.06.